The number of hydrogen-bond donors (Lipinski definition) is 2. The van der Waals surface area contributed by atoms with Crippen LogP contribution < -0.4 is 5.73 Å². The molecule has 186 valence electrons. The van der Waals surface area contributed by atoms with E-state index in [0.29, 0.717) is 35.5 Å². The minimum absolute atomic E-state index is 0.517. The first-order valence-corrected chi connectivity index (χ1v) is 12.4. The van der Waals surface area contributed by atoms with Gasteiger partial charge in [-0.25, -0.2) is 19.9 Å². The van der Waals surface area contributed by atoms with Gasteiger partial charge in [0.1, 0.15) is 11.8 Å². The van der Waals surface area contributed by atoms with Crippen molar-refractivity contribution in [3.8, 4) is 33.9 Å². The van der Waals surface area contributed by atoms with Crippen LogP contribution in [0.3, 0.4) is 0 Å². The lowest BCUT2D eigenvalue weighted by atomic mass is 9.63. The molecule has 0 bridgehead atoms. The Balaban J connectivity index is 1.42. The summed E-state index contributed by atoms with van der Waals surface area (Å²) in [6.07, 6.45) is 5.96. The van der Waals surface area contributed by atoms with Gasteiger partial charge in [-0.05, 0) is 37.5 Å². The molecule has 0 spiro atoms. The second kappa shape index (κ2) is 8.20. The number of benzene rings is 2. The Morgan fingerprint density at radius 3 is 2.18 bits per heavy atom. The predicted molar refractivity (Wildman–Crippen MR) is 144 cm³/mol. The van der Waals surface area contributed by atoms with Crippen LogP contribution in [0.15, 0.2) is 85.5 Å². The number of nitrogens with two attached hydrogens (primary N) is 1. The number of nitrogens with zero attached hydrogens (tertiary/aromatic N) is 7. The lowest BCUT2D eigenvalue weighted by molar-refractivity contribution is -0.0738. The first-order chi connectivity index (χ1) is 18.4. The van der Waals surface area contributed by atoms with Gasteiger partial charge in [-0.15, -0.1) is 10.2 Å². The first-order valence-electron chi connectivity index (χ1n) is 12.4. The van der Waals surface area contributed by atoms with E-state index in [1.807, 2.05) is 78.1 Å². The third kappa shape index (κ3) is 3.63. The molecule has 0 unspecified atom stereocenters. The van der Waals surface area contributed by atoms with E-state index in [9.17, 15) is 5.11 Å². The van der Waals surface area contributed by atoms with Crippen molar-refractivity contribution in [2.24, 2.45) is 5.73 Å². The SMILES string of the molecule is C[C@]1(O)C[C@@](N)(c2ccc(-c3nc4ccc5nnc(-c6cncnc6)n5c4nc3-c3ccccc3)cc2)C1. The van der Waals surface area contributed by atoms with Gasteiger partial charge in [0.2, 0.25) is 0 Å². The van der Waals surface area contributed by atoms with Crippen LogP contribution >= 0.6 is 0 Å². The molecule has 0 aliphatic heterocycles. The van der Waals surface area contributed by atoms with Crippen molar-refractivity contribution >= 4 is 16.8 Å². The Hall–Kier alpha value is -4.60. The largest absolute Gasteiger partial charge is 0.390 e. The van der Waals surface area contributed by atoms with Crippen molar-refractivity contribution in [2.75, 3.05) is 0 Å². The number of hydrogen-bond acceptors (Lipinski definition) is 8. The molecule has 9 nitrogen and oxygen atoms in total. The maximum absolute atomic E-state index is 10.2. The van der Waals surface area contributed by atoms with E-state index >= 15 is 0 Å². The van der Waals surface area contributed by atoms with Gasteiger partial charge in [0.15, 0.2) is 17.1 Å². The third-order valence-electron chi connectivity index (χ3n) is 7.19. The highest BCUT2D eigenvalue weighted by Gasteiger charge is 2.49. The zero-order chi connectivity index (χ0) is 25.9. The molecule has 9 heteroatoms. The summed E-state index contributed by atoms with van der Waals surface area (Å²) in [4.78, 5) is 18.5. The molecule has 0 saturated heterocycles. The zero-order valence-electron chi connectivity index (χ0n) is 20.7. The lowest BCUT2D eigenvalue weighted by Gasteiger charge is -2.49. The third-order valence-corrected chi connectivity index (χ3v) is 7.19. The Bertz CT molecular complexity index is 1790. The molecule has 0 amide bonds. The summed E-state index contributed by atoms with van der Waals surface area (Å²) in [5.74, 6) is 0.598. The average Bonchev–Trinajstić information content (AvgIpc) is 3.37. The summed E-state index contributed by atoms with van der Waals surface area (Å²) in [6, 6.07) is 21.9. The molecule has 0 atom stereocenters. The van der Waals surface area contributed by atoms with Gasteiger partial charge in [0, 0.05) is 29.1 Å². The summed E-state index contributed by atoms with van der Waals surface area (Å²) < 4.78 is 1.89. The molecule has 3 N–H and O–H groups in total. The van der Waals surface area contributed by atoms with Crippen LogP contribution in [0.25, 0.3) is 50.7 Å². The van der Waals surface area contributed by atoms with E-state index in [1.54, 1.807) is 12.4 Å². The molecular formula is C29H24N8O. The van der Waals surface area contributed by atoms with Gasteiger partial charge >= 0.3 is 0 Å². The standard InChI is InChI=1S/C29H24N8O/c1-28(38)15-29(30,16-28)21-9-7-19(8-10-21)24-25(18-5-3-2-4-6-18)34-27-22(33-24)11-12-23-35-36-26(37(23)27)20-13-31-17-32-14-20/h2-14,17,38H,15-16,30H2,1H3/t28-,29-. The zero-order valence-corrected chi connectivity index (χ0v) is 20.7. The molecule has 38 heavy (non-hydrogen) atoms. The lowest BCUT2D eigenvalue weighted by Crippen LogP contribution is -2.58. The van der Waals surface area contributed by atoms with Crippen molar-refractivity contribution in [3.05, 3.63) is 91.0 Å². The Morgan fingerprint density at radius 1 is 0.789 bits per heavy atom. The monoisotopic (exact) mass is 500 g/mol. The van der Waals surface area contributed by atoms with Crippen molar-refractivity contribution in [1.82, 2.24) is 34.5 Å². The molecule has 1 saturated carbocycles. The molecule has 1 aliphatic rings. The summed E-state index contributed by atoms with van der Waals surface area (Å²) >= 11 is 0. The Labute approximate surface area is 218 Å². The molecule has 1 aliphatic carbocycles. The fraction of sp³-hybridized carbons (Fsp3) is 0.172. The molecule has 4 heterocycles. The van der Waals surface area contributed by atoms with Crippen LogP contribution in [-0.2, 0) is 5.54 Å². The molecular weight excluding hydrogens is 476 g/mol. The van der Waals surface area contributed by atoms with Crippen LogP contribution in [0.5, 0.6) is 0 Å². The number of rotatable bonds is 4. The number of aliphatic hydroxyl groups is 1. The van der Waals surface area contributed by atoms with E-state index in [1.165, 1.54) is 6.33 Å². The van der Waals surface area contributed by atoms with E-state index in [-0.39, 0.29) is 0 Å². The summed E-state index contributed by atoms with van der Waals surface area (Å²) in [6.45, 7) is 1.83. The van der Waals surface area contributed by atoms with Crippen LogP contribution in [0, 0.1) is 0 Å². The molecule has 7 rings (SSSR count). The highest BCUT2D eigenvalue weighted by Crippen LogP contribution is 2.46. The fourth-order valence-electron chi connectivity index (χ4n) is 5.55. The van der Waals surface area contributed by atoms with Crippen molar-refractivity contribution in [3.63, 3.8) is 0 Å². The van der Waals surface area contributed by atoms with Crippen LogP contribution in [0.4, 0.5) is 0 Å². The second-order valence-corrected chi connectivity index (χ2v) is 10.3. The maximum Gasteiger partial charge on any atom is 0.173 e. The highest BCUT2D eigenvalue weighted by molar-refractivity contribution is 5.86. The van der Waals surface area contributed by atoms with Crippen molar-refractivity contribution in [1.29, 1.82) is 0 Å². The van der Waals surface area contributed by atoms with Gasteiger partial charge in [0.25, 0.3) is 0 Å². The molecule has 2 aromatic carbocycles. The van der Waals surface area contributed by atoms with Gasteiger partial charge in [-0.1, -0.05) is 54.6 Å². The van der Waals surface area contributed by atoms with E-state index in [0.717, 1.165) is 33.6 Å². The number of fused-ring (bicyclic) bond motifs is 3. The van der Waals surface area contributed by atoms with E-state index in [4.69, 9.17) is 15.7 Å². The molecule has 6 aromatic rings. The minimum atomic E-state index is -0.712. The second-order valence-electron chi connectivity index (χ2n) is 10.3. The van der Waals surface area contributed by atoms with Crippen LogP contribution in [-0.4, -0.2) is 45.2 Å². The van der Waals surface area contributed by atoms with E-state index in [2.05, 4.69) is 20.2 Å². The van der Waals surface area contributed by atoms with Gasteiger partial charge < -0.3 is 10.8 Å². The van der Waals surface area contributed by atoms with Gasteiger partial charge in [-0.3, -0.25) is 4.40 Å². The summed E-state index contributed by atoms with van der Waals surface area (Å²) in [7, 11) is 0. The first kappa shape index (κ1) is 22.6. The molecule has 1 fully saturated rings. The maximum atomic E-state index is 10.2. The quantitative estimate of drug-likeness (QED) is 0.369. The van der Waals surface area contributed by atoms with Gasteiger partial charge in [-0.2, -0.15) is 0 Å². The average molecular weight is 501 g/mol. The number of aromatic nitrogens is 7. The Morgan fingerprint density at radius 2 is 1.47 bits per heavy atom. The van der Waals surface area contributed by atoms with Crippen LogP contribution in [0.1, 0.15) is 25.3 Å². The fourth-order valence-corrected chi connectivity index (χ4v) is 5.55. The topological polar surface area (TPSA) is 128 Å². The summed E-state index contributed by atoms with van der Waals surface area (Å²) in [5, 5.41) is 19.0. The predicted octanol–water partition coefficient (Wildman–Crippen LogP) is 4.16. The van der Waals surface area contributed by atoms with E-state index < -0.39 is 11.1 Å². The minimum Gasteiger partial charge on any atom is -0.390 e. The normalized spacial score (nSPS) is 21.0. The Kier molecular flexibility index (Phi) is 4.88. The van der Waals surface area contributed by atoms with Crippen molar-refractivity contribution in [2.45, 2.75) is 30.9 Å². The smallest absolute Gasteiger partial charge is 0.173 e. The molecule has 0 radical (unpaired) electrons. The highest BCUT2D eigenvalue weighted by atomic mass is 16.3. The van der Waals surface area contributed by atoms with Crippen LogP contribution in [0.2, 0.25) is 0 Å². The number of pyridine rings is 1. The molecule has 4 aromatic heterocycles. The van der Waals surface area contributed by atoms with Gasteiger partial charge in [0.05, 0.1) is 22.6 Å². The summed E-state index contributed by atoms with van der Waals surface area (Å²) in [5.41, 5.74) is 12.5. The van der Waals surface area contributed by atoms with Crippen molar-refractivity contribution < 1.29 is 5.11 Å².